The van der Waals surface area contributed by atoms with Crippen molar-refractivity contribution >= 4 is 40.7 Å². The average Bonchev–Trinajstić information content (AvgIpc) is 3.43. The Balaban J connectivity index is 1.62. The largest absolute Gasteiger partial charge is 0.494 e. The van der Waals surface area contributed by atoms with Gasteiger partial charge in [-0.1, -0.05) is 64.7 Å². The van der Waals surface area contributed by atoms with Gasteiger partial charge < -0.3 is 19.9 Å². The van der Waals surface area contributed by atoms with Crippen LogP contribution in [0.1, 0.15) is 34.8 Å². The van der Waals surface area contributed by atoms with E-state index in [-0.39, 0.29) is 36.2 Å². The number of halogens is 4. The van der Waals surface area contributed by atoms with Crippen molar-refractivity contribution in [1.29, 1.82) is 0 Å². The minimum atomic E-state index is -1.73. The van der Waals surface area contributed by atoms with Gasteiger partial charge in [0.15, 0.2) is 23.3 Å². The summed E-state index contributed by atoms with van der Waals surface area (Å²) in [5.41, 5.74) is 9.53. The first-order chi connectivity index (χ1) is 22.2. The van der Waals surface area contributed by atoms with Gasteiger partial charge in [-0.15, -0.1) is 0 Å². The predicted octanol–water partition coefficient (Wildman–Crippen LogP) is 7.79. The molecule has 1 heterocycles. The number of amides is 1. The summed E-state index contributed by atoms with van der Waals surface area (Å²) in [6.07, 6.45) is -0.723. The molecule has 5 rings (SSSR count). The quantitative estimate of drug-likeness (QED) is 0.0692. The number of hydrogen-bond donors (Lipinski definition) is 2. The minimum absolute atomic E-state index is 0.000426. The topological polar surface area (TPSA) is 129 Å². The maximum absolute atomic E-state index is 14.4. The number of hydrogen-bond acceptors (Lipinski definition) is 6. The summed E-state index contributed by atoms with van der Waals surface area (Å²) in [5, 5.41) is 16.3. The predicted molar refractivity (Wildman–Crippen MR) is 170 cm³/mol. The Morgan fingerprint density at radius 1 is 1.07 bits per heavy atom. The highest BCUT2D eigenvalue weighted by atomic mass is 35.5. The molecule has 0 unspecified atom stereocenters. The van der Waals surface area contributed by atoms with Crippen LogP contribution in [0.3, 0.4) is 0 Å². The summed E-state index contributed by atoms with van der Waals surface area (Å²) in [7, 11) is 0. The maximum Gasteiger partial charge on any atom is 0.252 e. The zero-order valence-electron chi connectivity index (χ0n) is 24.2. The van der Waals surface area contributed by atoms with Gasteiger partial charge in [-0.05, 0) is 65.2 Å². The monoisotopic (exact) mass is 665 g/mol. The van der Waals surface area contributed by atoms with E-state index in [4.69, 9.17) is 42.8 Å². The van der Waals surface area contributed by atoms with Crippen LogP contribution in [-0.4, -0.2) is 35.7 Å². The molecule has 2 N–H and O–H groups in total. The van der Waals surface area contributed by atoms with E-state index in [9.17, 15) is 19.1 Å². The molecule has 0 spiro atoms. The van der Waals surface area contributed by atoms with Gasteiger partial charge in [0.2, 0.25) is 5.90 Å². The fraction of sp³-hybridized carbons (Fsp3) is 0.212. The number of nitrogens with one attached hydrogen (secondary N) is 1. The van der Waals surface area contributed by atoms with E-state index < -0.39 is 29.2 Å². The first-order valence-corrected chi connectivity index (χ1v) is 14.9. The molecule has 0 fully saturated rings. The number of nitrogens with zero attached hydrogens (tertiary/aromatic N) is 4. The Morgan fingerprint density at radius 2 is 1.85 bits per heavy atom. The number of carbonyl (C=O) groups is 1. The summed E-state index contributed by atoms with van der Waals surface area (Å²) in [6.45, 7) is 0.179. The van der Waals surface area contributed by atoms with Gasteiger partial charge in [0, 0.05) is 57.8 Å². The first kappa shape index (κ1) is 32.7. The molecule has 0 bridgehead atoms. The molecule has 0 aromatic heterocycles. The lowest BCUT2D eigenvalue weighted by molar-refractivity contribution is -0.129. The number of carbonyl (C=O) groups excluding carboxylic acids is 1. The highest BCUT2D eigenvalue weighted by molar-refractivity contribution is 6.35. The summed E-state index contributed by atoms with van der Waals surface area (Å²) in [5.74, 6) is -1.98. The molecule has 0 radical (unpaired) electrons. The van der Waals surface area contributed by atoms with Crippen LogP contribution in [-0.2, 0) is 22.5 Å². The van der Waals surface area contributed by atoms with Crippen molar-refractivity contribution in [2.24, 2.45) is 10.1 Å². The molecule has 9 nitrogen and oxygen atoms in total. The van der Waals surface area contributed by atoms with Crippen LogP contribution in [0.25, 0.3) is 10.4 Å². The second-order valence-corrected chi connectivity index (χ2v) is 11.2. The fourth-order valence-electron chi connectivity index (χ4n) is 5.05. The molecule has 4 aromatic rings. The van der Waals surface area contributed by atoms with Gasteiger partial charge in [0.1, 0.15) is 5.75 Å². The SMILES string of the molecule is [N-]=[N+]=Nc1ccccc1C[C@@]1(C(=O)NCc2ccc(F)c(F)c2)N=C(c2ccc(OCCCO)cc2)O[C@@H]1c1ccc(Cl)cc1Cl. The van der Waals surface area contributed by atoms with Crippen molar-refractivity contribution in [1.82, 2.24) is 5.32 Å². The summed E-state index contributed by atoms with van der Waals surface area (Å²) >= 11 is 12.9. The number of benzene rings is 4. The second-order valence-electron chi connectivity index (χ2n) is 10.4. The standard InChI is InChI=1S/C33H27Cl2F2N5O4/c34-23-9-12-25(26(35)17-23)30-33(18-22-4-1-2-5-29(22)41-42-38,32(44)39-19-20-6-13-27(36)28(37)16-20)40-31(46-30)21-7-10-24(11-8-21)45-15-3-14-43/h1-2,4-13,16-17,30,43H,3,14-15,18-19H2,(H,39,44)/t30-,33-/m1/s1. The molecule has 0 saturated heterocycles. The van der Waals surface area contributed by atoms with Gasteiger partial charge in [0.25, 0.3) is 5.91 Å². The molecular weight excluding hydrogens is 639 g/mol. The molecule has 0 aliphatic carbocycles. The van der Waals surface area contributed by atoms with Crippen molar-refractivity contribution in [3.63, 3.8) is 0 Å². The zero-order valence-corrected chi connectivity index (χ0v) is 25.7. The summed E-state index contributed by atoms with van der Waals surface area (Å²) in [6, 6.07) is 21.7. The van der Waals surface area contributed by atoms with Crippen LogP contribution in [0.15, 0.2) is 95.0 Å². The van der Waals surface area contributed by atoms with Crippen molar-refractivity contribution in [2.45, 2.75) is 31.0 Å². The van der Waals surface area contributed by atoms with Crippen LogP contribution in [0.2, 0.25) is 10.0 Å². The van der Waals surface area contributed by atoms with E-state index in [0.717, 1.165) is 12.1 Å². The third-order valence-corrected chi connectivity index (χ3v) is 7.88. The number of azide groups is 1. The Bertz CT molecular complexity index is 1820. The van der Waals surface area contributed by atoms with Crippen molar-refractivity contribution in [3.05, 3.63) is 139 Å². The van der Waals surface area contributed by atoms with Gasteiger partial charge in [-0.3, -0.25) is 4.79 Å². The number of ether oxygens (including phenoxy) is 2. The van der Waals surface area contributed by atoms with Gasteiger partial charge in [-0.2, -0.15) is 0 Å². The molecule has 4 aromatic carbocycles. The van der Waals surface area contributed by atoms with Crippen molar-refractivity contribution < 1.29 is 28.2 Å². The van der Waals surface area contributed by atoms with Crippen LogP contribution in [0.4, 0.5) is 14.5 Å². The smallest absolute Gasteiger partial charge is 0.252 e. The molecular formula is C33H27Cl2F2N5O4. The van der Waals surface area contributed by atoms with E-state index in [1.807, 2.05) is 0 Å². The number of rotatable bonds is 12. The highest BCUT2D eigenvalue weighted by Gasteiger charge is 2.54. The average molecular weight is 667 g/mol. The third-order valence-electron chi connectivity index (χ3n) is 7.32. The second kappa shape index (κ2) is 14.6. The Labute approximate surface area is 273 Å². The van der Waals surface area contributed by atoms with Crippen molar-refractivity contribution in [3.8, 4) is 5.75 Å². The van der Waals surface area contributed by atoms with Crippen molar-refractivity contribution in [2.75, 3.05) is 13.2 Å². The minimum Gasteiger partial charge on any atom is -0.494 e. The number of aliphatic hydroxyl groups excluding tert-OH is 1. The Hall–Kier alpha value is -4.67. The van der Waals surface area contributed by atoms with Crippen LogP contribution >= 0.6 is 23.2 Å². The van der Waals surface area contributed by atoms with Gasteiger partial charge in [-0.25, -0.2) is 13.8 Å². The lowest BCUT2D eigenvalue weighted by Crippen LogP contribution is -2.49. The lowest BCUT2D eigenvalue weighted by Gasteiger charge is -2.31. The van der Waals surface area contributed by atoms with E-state index in [2.05, 4.69) is 15.3 Å². The molecule has 0 saturated carbocycles. The molecule has 1 aliphatic rings. The fourth-order valence-corrected chi connectivity index (χ4v) is 5.56. The molecule has 46 heavy (non-hydrogen) atoms. The maximum atomic E-state index is 14.4. The summed E-state index contributed by atoms with van der Waals surface area (Å²) in [4.78, 5) is 22.3. The van der Waals surface area contributed by atoms with E-state index in [1.165, 1.54) is 12.1 Å². The molecule has 1 amide bonds. The number of aliphatic hydroxyl groups is 1. The number of aliphatic imine (C=N–C) groups is 1. The van der Waals surface area contributed by atoms with E-state index in [0.29, 0.717) is 46.1 Å². The van der Waals surface area contributed by atoms with Gasteiger partial charge in [0.05, 0.1) is 6.61 Å². The van der Waals surface area contributed by atoms with Crippen LogP contribution in [0.5, 0.6) is 5.75 Å². The zero-order chi connectivity index (χ0) is 32.7. The van der Waals surface area contributed by atoms with Crippen LogP contribution in [0, 0.1) is 11.6 Å². The molecule has 236 valence electrons. The Morgan fingerprint density at radius 3 is 2.57 bits per heavy atom. The van der Waals surface area contributed by atoms with E-state index >= 15 is 0 Å². The van der Waals surface area contributed by atoms with E-state index in [1.54, 1.807) is 60.7 Å². The highest BCUT2D eigenvalue weighted by Crippen LogP contribution is 2.46. The van der Waals surface area contributed by atoms with Gasteiger partial charge >= 0.3 is 0 Å². The lowest BCUT2D eigenvalue weighted by atomic mass is 9.81. The van der Waals surface area contributed by atoms with Crippen LogP contribution < -0.4 is 10.1 Å². The Kier molecular flexibility index (Phi) is 10.4. The molecule has 13 heteroatoms. The normalized spacial score (nSPS) is 17.1. The summed E-state index contributed by atoms with van der Waals surface area (Å²) < 4.78 is 39.7. The third kappa shape index (κ3) is 7.24. The molecule has 2 atom stereocenters. The first-order valence-electron chi connectivity index (χ1n) is 14.1. The molecule has 1 aliphatic heterocycles.